The molecule has 0 saturated carbocycles. The number of aliphatic hydroxyl groups excluding tert-OH is 2. The van der Waals surface area contributed by atoms with Crippen LogP contribution in [0.15, 0.2) is 0 Å². The maximum Gasteiger partial charge on any atom is 0.410 e. The molecule has 0 aliphatic carbocycles. The Kier molecular flexibility index (Phi) is 7.81. The van der Waals surface area contributed by atoms with Crippen LogP contribution in [0, 0.1) is 17.8 Å². The zero-order valence-corrected chi connectivity index (χ0v) is 15.4. The van der Waals surface area contributed by atoms with Gasteiger partial charge in [0, 0.05) is 19.7 Å². The molecule has 0 aromatic carbocycles. The zero-order valence-electron chi connectivity index (χ0n) is 15.4. The van der Waals surface area contributed by atoms with E-state index in [1.807, 2.05) is 20.8 Å². The van der Waals surface area contributed by atoms with Gasteiger partial charge in [-0.2, -0.15) is 0 Å². The Labute approximate surface area is 141 Å². The molecule has 1 heterocycles. The summed E-state index contributed by atoms with van der Waals surface area (Å²) in [6.45, 7) is 11.1. The number of aliphatic hydroxyl groups is 2. The third kappa shape index (κ3) is 5.96. The van der Waals surface area contributed by atoms with E-state index in [0.29, 0.717) is 19.5 Å². The number of likely N-dealkylation sites (tertiary alicyclic amines) is 1. The fraction of sp³-hybridized carbons (Fsp3) is 0.944. The predicted molar refractivity (Wildman–Crippen MR) is 91.2 cm³/mol. The monoisotopic (exact) mass is 329 g/mol. The van der Waals surface area contributed by atoms with Crippen LogP contribution in [0.1, 0.15) is 60.3 Å². The van der Waals surface area contributed by atoms with Crippen molar-refractivity contribution in [2.24, 2.45) is 17.8 Å². The topological polar surface area (TPSA) is 70.0 Å². The largest absolute Gasteiger partial charge is 0.444 e. The molecule has 0 spiro atoms. The quantitative estimate of drug-likeness (QED) is 0.753. The molecule has 1 amide bonds. The summed E-state index contributed by atoms with van der Waals surface area (Å²) in [5, 5.41) is 19.8. The van der Waals surface area contributed by atoms with E-state index in [1.54, 1.807) is 4.90 Å². The Morgan fingerprint density at radius 3 is 2.43 bits per heavy atom. The molecule has 5 heteroatoms. The molecule has 2 N–H and O–H groups in total. The number of hydrogen-bond acceptors (Lipinski definition) is 4. The van der Waals surface area contributed by atoms with Crippen molar-refractivity contribution in [3.63, 3.8) is 0 Å². The number of amides is 1. The SMILES string of the molecule is CCCC(O)C(CC)C1CN(C(=O)OC(C)(C)C)CC1CCO. The minimum Gasteiger partial charge on any atom is -0.444 e. The number of hydrogen-bond donors (Lipinski definition) is 2. The van der Waals surface area contributed by atoms with E-state index >= 15 is 0 Å². The van der Waals surface area contributed by atoms with Crippen molar-refractivity contribution in [2.45, 2.75) is 72.0 Å². The average Bonchev–Trinajstić information content (AvgIpc) is 2.83. The molecule has 0 aromatic heterocycles. The average molecular weight is 329 g/mol. The molecule has 1 rings (SSSR count). The van der Waals surface area contributed by atoms with Gasteiger partial charge in [0.05, 0.1) is 6.10 Å². The number of carbonyl (C=O) groups is 1. The molecule has 0 radical (unpaired) electrons. The van der Waals surface area contributed by atoms with Crippen LogP contribution in [-0.4, -0.2) is 52.6 Å². The molecular weight excluding hydrogens is 294 g/mol. The van der Waals surface area contributed by atoms with E-state index < -0.39 is 5.60 Å². The lowest BCUT2D eigenvalue weighted by Gasteiger charge is -2.30. The number of carbonyl (C=O) groups excluding carboxylic acids is 1. The molecular formula is C18H35NO4. The summed E-state index contributed by atoms with van der Waals surface area (Å²) < 4.78 is 5.48. The van der Waals surface area contributed by atoms with E-state index in [-0.39, 0.29) is 36.6 Å². The molecule has 23 heavy (non-hydrogen) atoms. The minimum atomic E-state index is -0.506. The van der Waals surface area contributed by atoms with Crippen LogP contribution < -0.4 is 0 Å². The number of nitrogens with zero attached hydrogens (tertiary/aromatic N) is 1. The molecule has 4 atom stereocenters. The third-order valence-corrected chi connectivity index (χ3v) is 4.74. The van der Waals surface area contributed by atoms with Crippen molar-refractivity contribution in [2.75, 3.05) is 19.7 Å². The first-order chi connectivity index (χ1) is 10.7. The van der Waals surface area contributed by atoms with Gasteiger partial charge in [-0.3, -0.25) is 0 Å². The minimum absolute atomic E-state index is 0.115. The second-order valence-electron chi connectivity index (χ2n) is 7.75. The van der Waals surface area contributed by atoms with E-state index in [2.05, 4.69) is 13.8 Å². The maximum absolute atomic E-state index is 12.3. The van der Waals surface area contributed by atoms with Crippen LogP contribution in [0.3, 0.4) is 0 Å². The zero-order chi connectivity index (χ0) is 17.6. The molecule has 0 aromatic rings. The Bertz CT molecular complexity index is 367. The standard InChI is InChI=1S/C18H35NO4/c1-6-8-16(21)14(7-2)15-12-19(11-13(15)9-10-20)17(22)23-18(3,4)5/h13-16,20-21H,6-12H2,1-5H3. The third-order valence-electron chi connectivity index (χ3n) is 4.74. The Morgan fingerprint density at radius 1 is 1.30 bits per heavy atom. The Morgan fingerprint density at radius 2 is 1.96 bits per heavy atom. The summed E-state index contributed by atoms with van der Waals surface area (Å²) in [5.41, 5.74) is -0.506. The van der Waals surface area contributed by atoms with Crippen LogP contribution in [0.25, 0.3) is 0 Å². The lowest BCUT2D eigenvalue weighted by molar-refractivity contribution is 0.0251. The van der Waals surface area contributed by atoms with Crippen molar-refractivity contribution in [1.29, 1.82) is 0 Å². The normalized spacial score (nSPS) is 24.6. The fourth-order valence-electron chi connectivity index (χ4n) is 3.70. The van der Waals surface area contributed by atoms with Gasteiger partial charge in [-0.05, 0) is 51.4 Å². The molecule has 1 saturated heterocycles. The highest BCUT2D eigenvalue weighted by atomic mass is 16.6. The van der Waals surface area contributed by atoms with Crippen molar-refractivity contribution in [3.8, 4) is 0 Å². The van der Waals surface area contributed by atoms with Gasteiger partial charge in [0.1, 0.15) is 5.60 Å². The second-order valence-corrected chi connectivity index (χ2v) is 7.75. The highest BCUT2D eigenvalue weighted by molar-refractivity contribution is 5.68. The maximum atomic E-state index is 12.3. The molecule has 1 aliphatic rings. The first kappa shape index (κ1) is 20.2. The summed E-state index contributed by atoms with van der Waals surface area (Å²) in [6.07, 6.45) is 2.66. The van der Waals surface area contributed by atoms with Gasteiger partial charge in [-0.1, -0.05) is 26.7 Å². The molecule has 0 bridgehead atoms. The van der Waals surface area contributed by atoms with Crippen LogP contribution in [0.5, 0.6) is 0 Å². The lowest BCUT2D eigenvalue weighted by atomic mass is 9.77. The van der Waals surface area contributed by atoms with Gasteiger partial charge >= 0.3 is 6.09 Å². The highest BCUT2D eigenvalue weighted by Gasteiger charge is 2.41. The van der Waals surface area contributed by atoms with Gasteiger partial charge < -0.3 is 19.8 Å². The molecule has 136 valence electrons. The fourth-order valence-corrected chi connectivity index (χ4v) is 3.70. The molecule has 4 unspecified atom stereocenters. The Balaban J connectivity index is 2.82. The van der Waals surface area contributed by atoms with Gasteiger partial charge in [0.25, 0.3) is 0 Å². The smallest absolute Gasteiger partial charge is 0.410 e. The van der Waals surface area contributed by atoms with E-state index in [4.69, 9.17) is 4.74 Å². The lowest BCUT2D eigenvalue weighted by Crippen LogP contribution is -2.36. The van der Waals surface area contributed by atoms with Gasteiger partial charge in [-0.15, -0.1) is 0 Å². The van der Waals surface area contributed by atoms with E-state index in [0.717, 1.165) is 19.3 Å². The van der Waals surface area contributed by atoms with Gasteiger partial charge in [-0.25, -0.2) is 4.79 Å². The van der Waals surface area contributed by atoms with Crippen LogP contribution in [0.4, 0.5) is 4.79 Å². The first-order valence-corrected chi connectivity index (χ1v) is 9.00. The second kappa shape index (κ2) is 8.88. The summed E-state index contributed by atoms with van der Waals surface area (Å²) in [7, 11) is 0. The summed E-state index contributed by atoms with van der Waals surface area (Å²) in [5.74, 6) is 0.615. The molecule has 1 fully saturated rings. The van der Waals surface area contributed by atoms with Crippen molar-refractivity contribution in [3.05, 3.63) is 0 Å². The van der Waals surface area contributed by atoms with Crippen LogP contribution in [-0.2, 0) is 4.74 Å². The molecule has 1 aliphatic heterocycles. The van der Waals surface area contributed by atoms with Crippen LogP contribution in [0.2, 0.25) is 0 Å². The van der Waals surface area contributed by atoms with Gasteiger partial charge in [0.15, 0.2) is 0 Å². The van der Waals surface area contributed by atoms with Crippen molar-refractivity contribution in [1.82, 2.24) is 4.90 Å². The number of rotatable bonds is 7. The first-order valence-electron chi connectivity index (χ1n) is 9.00. The van der Waals surface area contributed by atoms with E-state index in [9.17, 15) is 15.0 Å². The summed E-state index contributed by atoms with van der Waals surface area (Å²) >= 11 is 0. The highest BCUT2D eigenvalue weighted by Crippen LogP contribution is 2.37. The Hall–Kier alpha value is -0.810. The summed E-state index contributed by atoms with van der Waals surface area (Å²) in [6, 6.07) is 0. The number of ether oxygens (including phenoxy) is 1. The van der Waals surface area contributed by atoms with Crippen molar-refractivity contribution < 1.29 is 19.7 Å². The van der Waals surface area contributed by atoms with Crippen LogP contribution >= 0.6 is 0 Å². The summed E-state index contributed by atoms with van der Waals surface area (Å²) in [4.78, 5) is 14.1. The van der Waals surface area contributed by atoms with Crippen molar-refractivity contribution >= 4 is 6.09 Å². The van der Waals surface area contributed by atoms with E-state index in [1.165, 1.54) is 0 Å². The molecule has 5 nitrogen and oxygen atoms in total. The predicted octanol–water partition coefficient (Wildman–Crippen LogP) is 3.04. The van der Waals surface area contributed by atoms with Gasteiger partial charge in [0.2, 0.25) is 0 Å².